The van der Waals surface area contributed by atoms with Gasteiger partial charge in [0, 0.05) is 38.4 Å². The highest BCUT2D eigenvalue weighted by Crippen LogP contribution is 2.29. The zero-order chi connectivity index (χ0) is 20.9. The minimum absolute atomic E-state index is 0.283. The van der Waals surface area contributed by atoms with Gasteiger partial charge in [-0.2, -0.15) is 0 Å². The van der Waals surface area contributed by atoms with Crippen LogP contribution in [-0.4, -0.2) is 46.1 Å². The average Bonchev–Trinajstić information content (AvgIpc) is 3.31. The Morgan fingerprint density at radius 1 is 0.742 bits per heavy atom. The fourth-order valence-electron chi connectivity index (χ4n) is 4.31. The van der Waals surface area contributed by atoms with Crippen LogP contribution in [0.4, 0.5) is 0 Å². The van der Waals surface area contributed by atoms with Crippen LogP contribution < -0.4 is 0 Å². The molecule has 0 radical (unpaired) electrons. The van der Waals surface area contributed by atoms with Gasteiger partial charge in [0.25, 0.3) is 0 Å². The Morgan fingerprint density at radius 2 is 1.39 bits per heavy atom. The van der Waals surface area contributed by atoms with Crippen molar-refractivity contribution >= 4 is 0 Å². The first-order chi connectivity index (χ1) is 15.4. The molecule has 0 atom stereocenters. The van der Waals surface area contributed by atoms with E-state index < -0.39 is 0 Å². The van der Waals surface area contributed by atoms with Crippen LogP contribution in [0.2, 0.25) is 0 Å². The van der Waals surface area contributed by atoms with Gasteiger partial charge in [0.15, 0.2) is 5.76 Å². The predicted octanol–water partition coefficient (Wildman–Crippen LogP) is 4.64. The molecule has 1 fully saturated rings. The Labute approximate surface area is 182 Å². The summed E-state index contributed by atoms with van der Waals surface area (Å²) in [4.78, 5) is 9.37. The van der Waals surface area contributed by atoms with Crippen molar-refractivity contribution in [2.75, 3.05) is 26.2 Å². The number of benzene rings is 2. The third-order valence-corrected chi connectivity index (χ3v) is 5.87. The van der Waals surface area contributed by atoms with Crippen LogP contribution >= 0.6 is 0 Å². The van der Waals surface area contributed by atoms with E-state index in [1.54, 1.807) is 6.20 Å². The molecule has 0 amide bonds. The van der Waals surface area contributed by atoms with E-state index in [9.17, 15) is 0 Å². The normalized spacial score (nSPS) is 15.4. The van der Waals surface area contributed by atoms with Gasteiger partial charge >= 0.3 is 0 Å². The first kappa shape index (κ1) is 19.7. The molecule has 1 aliphatic heterocycles. The second-order valence-electron chi connectivity index (χ2n) is 7.93. The summed E-state index contributed by atoms with van der Waals surface area (Å²) in [5.41, 5.74) is 4.33. The first-order valence-corrected chi connectivity index (χ1v) is 10.8. The molecular weight excluding hydrogens is 384 g/mol. The standard InChI is InChI=1S/C26H26N4O/c1-3-9-21(10-4-1)26(22-11-5-2-6-12-22)30-17-15-29(16-18-30)20-23-19-25(28-31-23)24-13-7-8-14-27-24/h1-14,19,26H,15-18,20H2. The molecule has 2 aromatic heterocycles. The maximum atomic E-state index is 5.59. The van der Waals surface area contributed by atoms with E-state index >= 15 is 0 Å². The molecule has 3 heterocycles. The zero-order valence-corrected chi connectivity index (χ0v) is 17.5. The molecule has 0 bridgehead atoms. The van der Waals surface area contributed by atoms with Gasteiger partial charge in [0.05, 0.1) is 18.3 Å². The Balaban J connectivity index is 1.26. The minimum atomic E-state index is 0.283. The fourth-order valence-corrected chi connectivity index (χ4v) is 4.31. The number of aromatic nitrogens is 2. The predicted molar refractivity (Wildman–Crippen MR) is 121 cm³/mol. The minimum Gasteiger partial charge on any atom is -0.359 e. The van der Waals surface area contributed by atoms with Crippen LogP contribution in [0.1, 0.15) is 22.9 Å². The Bertz CT molecular complexity index is 1030. The van der Waals surface area contributed by atoms with Gasteiger partial charge < -0.3 is 4.52 Å². The maximum absolute atomic E-state index is 5.59. The molecule has 31 heavy (non-hydrogen) atoms. The summed E-state index contributed by atoms with van der Waals surface area (Å²) < 4.78 is 5.59. The topological polar surface area (TPSA) is 45.4 Å². The molecule has 4 aromatic rings. The van der Waals surface area contributed by atoms with E-state index in [2.05, 4.69) is 80.6 Å². The molecule has 5 heteroatoms. The smallest absolute Gasteiger partial charge is 0.151 e. The molecule has 0 saturated carbocycles. The van der Waals surface area contributed by atoms with E-state index in [1.807, 2.05) is 24.3 Å². The van der Waals surface area contributed by atoms with E-state index in [0.29, 0.717) is 0 Å². The summed E-state index contributed by atoms with van der Waals surface area (Å²) in [7, 11) is 0. The van der Waals surface area contributed by atoms with Gasteiger partial charge in [-0.3, -0.25) is 14.8 Å². The molecule has 1 aliphatic rings. The summed E-state index contributed by atoms with van der Waals surface area (Å²) in [6.07, 6.45) is 1.78. The molecule has 0 unspecified atom stereocenters. The van der Waals surface area contributed by atoms with Gasteiger partial charge in [-0.15, -0.1) is 0 Å². The Hall–Kier alpha value is -3.28. The molecule has 156 valence electrons. The zero-order valence-electron chi connectivity index (χ0n) is 17.5. The average molecular weight is 411 g/mol. The lowest BCUT2D eigenvalue weighted by atomic mass is 9.96. The quantitative estimate of drug-likeness (QED) is 0.463. The Kier molecular flexibility index (Phi) is 5.87. The number of nitrogens with zero attached hydrogens (tertiary/aromatic N) is 4. The molecule has 1 saturated heterocycles. The highest BCUT2D eigenvalue weighted by molar-refractivity contribution is 5.52. The second kappa shape index (κ2) is 9.25. The molecule has 0 spiro atoms. The second-order valence-corrected chi connectivity index (χ2v) is 7.93. The van der Waals surface area contributed by atoms with Crippen molar-refractivity contribution in [3.05, 3.63) is 108 Å². The molecule has 5 nitrogen and oxygen atoms in total. The summed E-state index contributed by atoms with van der Waals surface area (Å²) in [5.74, 6) is 0.886. The summed E-state index contributed by atoms with van der Waals surface area (Å²) in [6.45, 7) is 4.78. The SMILES string of the molecule is c1ccc(C(c2ccccc2)N2CCN(Cc3cc(-c4ccccn4)no3)CC2)cc1. The molecule has 2 aromatic carbocycles. The van der Waals surface area contributed by atoms with E-state index in [4.69, 9.17) is 4.52 Å². The number of pyridine rings is 1. The van der Waals surface area contributed by atoms with Gasteiger partial charge in [-0.1, -0.05) is 71.9 Å². The van der Waals surface area contributed by atoms with Crippen LogP contribution in [0.15, 0.2) is 95.6 Å². The van der Waals surface area contributed by atoms with Crippen molar-refractivity contribution in [2.24, 2.45) is 0 Å². The van der Waals surface area contributed by atoms with Crippen molar-refractivity contribution in [1.29, 1.82) is 0 Å². The third kappa shape index (κ3) is 4.58. The van der Waals surface area contributed by atoms with Crippen LogP contribution in [0.3, 0.4) is 0 Å². The lowest BCUT2D eigenvalue weighted by Crippen LogP contribution is -2.47. The highest BCUT2D eigenvalue weighted by Gasteiger charge is 2.26. The fraction of sp³-hybridized carbons (Fsp3) is 0.231. The van der Waals surface area contributed by atoms with Gasteiger partial charge in [0.2, 0.25) is 0 Å². The summed E-state index contributed by atoms with van der Waals surface area (Å²) in [6, 6.07) is 29.7. The van der Waals surface area contributed by atoms with Gasteiger partial charge in [0.1, 0.15) is 5.69 Å². The van der Waals surface area contributed by atoms with Crippen LogP contribution in [-0.2, 0) is 6.54 Å². The van der Waals surface area contributed by atoms with Crippen LogP contribution in [0.5, 0.6) is 0 Å². The maximum Gasteiger partial charge on any atom is 0.151 e. The van der Waals surface area contributed by atoms with Crippen molar-refractivity contribution < 1.29 is 4.52 Å². The number of rotatable bonds is 6. The lowest BCUT2D eigenvalue weighted by Gasteiger charge is -2.39. The van der Waals surface area contributed by atoms with Gasteiger partial charge in [-0.05, 0) is 23.3 Å². The number of hydrogen-bond donors (Lipinski definition) is 0. The third-order valence-electron chi connectivity index (χ3n) is 5.87. The van der Waals surface area contributed by atoms with E-state index in [1.165, 1.54) is 11.1 Å². The number of piperazine rings is 1. The van der Waals surface area contributed by atoms with Crippen molar-refractivity contribution in [3.63, 3.8) is 0 Å². The van der Waals surface area contributed by atoms with Crippen molar-refractivity contribution in [2.45, 2.75) is 12.6 Å². The Morgan fingerprint density at radius 3 is 2.00 bits per heavy atom. The van der Waals surface area contributed by atoms with Crippen LogP contribution in [0, 0.1) is 0 Å². The van der Waals surface area contributed by atoms with Gasteiger partial charge in [-0.25, -0.2) is 0 Å². The molecule has 0 N–H and O–H groups in total. The van der Waals surface area contributed by atoms with E-state index in [0.717, 1.165) is 49.9 Å². The largest absolute Gasteiger partial charge is 0.359 e. The van der Waals surface area contributed by atoms with E-state index in [-0.39, 0.29) is 6.04 Å². The molecule has 0 aliphatic carbocycles. The van der Waals surface area contributed by atoms with Crippen molar-refractivity contribution in [1.82, 2.24) is 19.9 Å². The molecular formula is C26H26N4O. The molecule has 5 rings (SSSR count). The van der Waals surface area contributed by atoms with Crippen LogP contribution in [0.25, 0.3) is 11.4 Å². The highest BCUT2D eigenvalue weighted by atomic mass is 16.5. The monoisotopic (exact) mass is 410 g/mol. The summed E-state index contributed by atoms with van der Waals surface area (Å²) in [5, 5.41) is 4.20. The first-order valence-electron chi connectivity index (χ1n) is 10.8. The van der Waals surface area contributed by atoms with Crippen molar-refractivity contribution in [3.8, 4) is 11.4 Å². The number of hydrogen-bond acceptors (Lipinski definition) is 5. The lowest BCUT2D eigenvalue weighted by molar-refractivity contribution is 0.0980. The summed E-state index contributed by atoms with van der Waals surface area (Å²) >= 11 is 0.